The third kappa shape index (κ3) is 9.67. The highest BCUT2D eigenvalue weighted by atomic mass is 32.2. The van der Waals surface area contributed by atoms with E-state index in [4.69, 9.17) is 15.2 Å². The van der Waals surface area contributed by atoms with E-state index < -0.39 is 35.6 Å². The van der Waals surface area contributed by atoms with Gasteiger partial charge in [0.1, 0.15) is 17.1 Å². The fraction of sp³-hybridized carbons (Fsp3) is 0.655. The minimum absolute atomic E-state index is 0.0228. The van der Waals surface area contributed by atoms with Crippen LogP contribution in [0.2, 0.25) is 0 Å². The lowest BCUT2D eigenvalue weighted by atomic mass is 10.00. The number of ether oxygens (including phenoxy) is 2. The zero-order valence-corrected chi connectivity index (χ0v) is 29.8. The molecule has 0 saturated carbocycles. The Hall–Kier alpha value is -3.22. The molecule has 1 unspecified atom stereocenters. The third-order valence-electron chi connectivity index (χ3n) is 7.74. The summed E-state index contributed by atoms with van der Waals surface area (Å²) in [6.07, 6.45) is 1.70. The standard InChI is InChI=1S/C29H43N9O6S3/c1-6-9-22(43-21(40)12-17(7-2)8-3)44-27(42)24-18(15-47-29-33-34-35-37(29)11-10-36(4)5)14-45-26-23(25(41)38(24)26)32-20(39)13-19-16-46-28(30)31-19/h16-17,22-23,26H,6-15H2,1-5H3,(H2,30,31)(H,32,39)/t22?,23-,26+/m1/s1. The number of thioether (sulfide) groups is 2. The molecular formula is C29H43N9O6S3. The number of hydrogen-bond acceptors (Lipinski definition) is 15. The number of amides is 2. The minimum Gasteiger partial charge on any atom is -0.425 e. The number of carbonyl (C=O) groups is 4. The molecule has 47 heavy (non-hydrogen) atoms. The number of nitrogens with two attached hydrogens (primary N) is 1. The number of aromatic nitrogens is 5. The highest BCUT2D eigenvalue weighted by Crippen LogP contribution is 2.42. The van der Waals surface area contributed by atoms with Crippen molar-refractivity contribution in [3.8, 4) is 0 Å². The molecule has 2 aromatic heterocycles. The second-order valence-electron chi connectivity index (χ2n) is 11.5. The molecule has 0 aromatic carbocycles. The highest BCUT2D eigenvalue weighted by Gasteiger charge is 2.54. The van der Waals surface area contributed by atoms with Crippen LogP contribution in [0, 0.1) is 5.92 Å². The van der Waals surface area contributed by atoms with Gasteiger partial charge >= 0.3 is 11.9 Å². The molecule has 0 aliphatic carbocycles. The molecule has 3 N–H and O–H groups in total. The second kappa shape index (κ2) is 17.3. The number of thiazole rings is 1. The van der Waals surface area contributed by atoms with Gasteiger partial charge in [-0.1, -0.05) is 45.4 Å². The van der Waals surface area contributed by atoms with Crippen LogP contribution in [0.25, 0.3) is 0 Å². The maximum atomic E-state index is 13.9. The molecule has 0 bridgehead atoms. The van der Waals surface area contributed by atoms with E-state index in [1.165, 1.54) is 39.8 Å². The van der Waals surface area contributed by atoms with Crippen molar-refractivity contribution < 1.29 is 28.7 Å². The predicted molar refractivity (Wildman–Crippen MR) is 179 cm³/mol. The van der Waals surface area contributed by atoms with E-state index in [9.17, 15) is 19.2 Å². The molecule has 0 radical (unpaired) electrons. The lowest BCUT2D eigenvalue weighted by molar-refractivity contribution is -0.189. The zero-order valence-electron chi connectivity index (χ0n) is 27.3. The first kappa shape index (κ1) is 36.6. The molecular weight excluding hydrogens is 667 g/mol. The molecule has 0 spiro atoms. The smallest absolute Gasteiger partial charge is 0.358 e. The number of anilines is 1. The summed E-state index contributed by atoms with van der Waals surface area (Å²) >= 11 is 4.02. The van der Waals surface area contributed by atoms with Crippen molar-refractivity contribution in [2.45, 2.75) is 88.7 Å². The summed E-state index contributed by atoms with van der Waals surface area (Å²) in [4.78, 5) is 60.4. The summed E-state index contributed by atoms with van der Waals surface area (Å²) in [5.41, 5.74) is 6.94. The number of carbonyl (C=O) groups excluding carboxylic acids is 4. The Labute approximate surface area is 286 Å². The van der Waals surface area contributed by atoms with Crippen molar-refractivity contribution in [1.82, 2.24) is 40.3 Å². The number of hydrogen-bond donors (Lipinski definition) is 2. The Bertz CT molecular complexity index is 1440. The Kier molecular flexibility index (Phi) is 13.4. The van der Waals surface area contributed by atoms with Crippen molar-refractivity contribution in [3.05, 3.63) is 22.3 Å². The van der Waals surface area contributed by atoms with Gasteiger partial charge in [0.05, 0.1) is 18.7 Å². The van der Waals surface area contributed by atoms with Gasteiger partial charge in [-0.05, 0) is 42.4 Å². The third-order valence-corrected chi connectivity index (χ3v) is 10.8. The number of esters is 2. The molecule has 2 amide bonds. The Balaban J connectivity index is 1.52. The lowest BCUT2D eigenvalue weighted by Gasteiger charge is -2.49. The topological polar surface area (TPSA) is 188 Å². The van der Waals surface area contributed by atoms with Crippen molar-refractivity contribution in [1.29, 1.82) is 0 Å². The Morgan fingerprint density at radius 1 is 1.21 bits per heavy atom. The largest absolute Gasteiger partial charge is 0.425 e. The van der Waals surface area contributed by atoms with Crippen LogP contribution in [0.3, 0.4) is 0 Å². The average molecular weight is 710 g/mol. The van der Waals surface area contributed by atoms with Crippen LogP contribution in [0.5, 0.6) is 0 Å². The summed E-state index contributed by atoms with van der Waals surface area (Å²) in [5, 5.41) is 16.9. The molecule has 4 heterocycles. The van der Waals surface area contributed by atoms with Gasteiger partial charge in [0.15, 0.2) is 5.13 Å². The molecule has 2 aromatic rings. The van der Waals surface area contributed by atoms with Crippen molar-refractivity contribution in [2.75, 3.05) is 37.9 Å². The van der Waals surface area contributed by atoms with Crippen LogP contribution >= 0.6 is 34.9 Å². The van der Waals surface area contributed by atoms with E-state index in [1.807, 2.05) is 39.8 Å². The first-order chi connectivity index (χ1) is 22.5. The second-order valence-corrected chi connectivity index (χ2v) is 14.5. The first-order valence-corrected chi connectivity index (χ1v) is 18.6. The van der Waals surface area contributed by atoms with Crippen LogP contribution in [-0.4, -0.2) is 109 Å². The predicted octanol–water partition coefficient (Wildman–Crippen LogP) is 2.30. The van der Waals surface area contributed by atoms with Crippen LogP contribution in [-0.2, 0) is 41.6 Å². The highest BCUT2D eigenvalue weighted by molar-refractivity contribution is 8.01. The summed E-state index contributed by atoms with van der Waals surface area (Å²) < 4.78 is 13.1. The summed E-state index contributed by atoms with van der Waals surface area (Å²) in [7, 11) is 3.92. The SMILES string of the molecule is CCCC(OC(=O)CC(CC)CC)OC(=O)C1=C(CSc2nnnn2CCN(C)C)CS[C@H]2[C@H](NC(=O)Cc3csc(N)n3)C(=O)N12. The summed E-state index contributed by atoms with van der Waals surface area (Å²) in [5.74, 6) is -1.12. The maximum Gasteiger partial charge on any atom is 0.358 e. The molecule has 3 atom stereocenters. The van der Waals surface area contributed by atoms with E-state index in [2.05, 4.69) is 25.8 Å². The molecule has 4 rings (SSSR count). The zero-order chi connectivity index (χ0) is 34.1. The van der Waals surface area contributed by atoms with Gasteiger partial charge in [-0.2, -0.15) is 0 Å². The number of nitrogen functional groups attached to an aromatic ring is 1. The molecule has 258 valence electrons. The quantitative estimate of drug-likeness (QED) is 0.0993. The number of fused-ring (bicyclic) bond motifs is 1. The maximum absolute atomic E-state index is 13.9. The molecule has 15 nitrogen and oxygen atoms in total. The van der Waals surface area contributed by atoms with Gasteiger partial charge in [0, 0.05) is 36.3 Å². The molecule has 2 aliphatic heterocycles. The van der Waals surface area contributed by atoms with E-state index in [0.29, 0.717) is 52.4 Å². The van der Waals surface area contributed by atoms with Crippen molar-refractivity contribution in [2.24, 2.45) is 5.92 Å². The molecule has 1 saturated heterocycles. The fourth-order valence-electron chi connectivity index (χ4n) is 5.02. The van der Waals surface area contributed by atoms with Crippen LogP contribution in [0.1, 0.15) is 58.6 Å². The Morgan fingerprint density at radius 3 is 2.64 bits per heavy atom. The molecule has 18 heteroatoms. The Morgan fingerprint density at radius 2 is 1.98 bits per heavy atom. The monoisotopic (exact) mass is 709 g/mol. The van der Waals surface area contributed by atoms with Gasteiger partial charge < -0.3 is 25.4 Å². The number of nitrogens with one attached hydrogen (secondary N) is 1. The number of rotatable bonds is 18. The van der Waals surface area contributed by atoms with Crippen LogP contribution < -0.4 is 11.1 Å². The number of nitrogens with zero attached hydrogens (tertiary/aromatic N) is 7. The van der Waals surface area contributed by atoms with Gasteiger partial charge in [0.25, 0.3) is 5.91 Å². The van der Waals surface area contributed by atoms with Gasteiger partial charge in [-0.15, -0.1) is 28.2 Å². The number of β-lactam (4-membered cyclic amide) rings is 1. The van der Waals surface area contributed by atoms with Crippen molar-refractivity contribution in [3.63, 3.8) is 0 Å². The number of likely N-dealkylation sites (N-methyl/N-ethyl adjacent to an activating group) is 1. The van der Waals surface area contributed by atoms with E-state index in [0.717, 1.165) is 19.4 Å². The van der Waals surface area contributed by atoms with Gasteiger partial charge in [0.2, 0.25) is 17.4 Å². The molecule has 2 aliphatic rings. The van der Waals surface area contributed by atoms with E-state index >= 15 is 0 Å². The van der Waals surface area contributed by atoms with Crippen LogP contribution in [0.4, 0.5) is 5.13 Å². The normalized spacial score (nSPS) is 18.3. The van der Waals surface area contributed by atoms with E-state index in [1.54, 1.807) is 10.1 Å². The first-order valence-electron chi connectivity index (χ1n) is 15.6. The van der Waals surface area contributed by atoms with Gasteiger partial charge in [-0.3, -0.25) is 19.3 Å². The summed E-state index contributed by atoms with van der Waals surface area (Å²) in [6, 6.07) is -0.830. The number of tetrazole rings is 1. The van der Waals surface area contributed by atoms with E-state index in [-0.39, 0.29) is 30.4 Å². The summed E-state index contributed by atoms with van der Waals surface area (Å²) in [6.45, 7) is 7.24. The van der Waals surface area contributed by atoms with Gasteiger partial charge in [-0.25, -0.2) is 14.5 Å². The fourth-order valence-corrected chi connectivity index (χ4v) is 7.97. The molecule has 1 fully saturated rings. The lowest BCUT2D eigenvalue weighted by Crippen LogP contribution is -2.70. The average Bonchev–Trinajstić information content (AvgIpc) is 3.67. The van der Waals surface area contributed by atoms with Crippen LogP contribution in [0.15, 0.2) is 21.8 Å². The minimum atomic E-state index is -1.10. The van der Waals surface area contributed by atoms with Crippen molar-refractivity contribution >= 4 is 63.7 Å².